The number of carbonyl (C=O) groups is 1. The molecule has 2 N–H and O–H groups in total. The largest absolute Gasteiger partial charge is 0.378 e. The van der Waals surface area contributed by atoms with Crippen LogP contribution in [-0.4, -0.2) is 63.3 Å². The minimum atomic E-state index is -3.22. The van der Waals surface area contributed by atoms with Crippen molar-refractivity contribution in [1.82, 2.24) is 9.62 Å². The quantitative estimate of drug-likeness (QED) is 0.532. The van der Waals surface area contributed by atoms with E-state index in [1.54, 1.807) is 42.8 Å². The van der Waals surface area contributed by atoms with Crippen LogP contribution in [0.4, 0.5) is 13.2 Å². The smallest absolute Gasteiger partial charge is 0.273 e. The zero-order valence-corrected chi connectivity index (χ0v) is 19.4. The maximum absolute atomic E-state index is 15.6. The number of aliphatic hydroxyl groups excluding tert-OH is 1. The molecule has 0 aromatic heterocycles. The molecule has 0 radical (unpaired) electrons. The van der Waals surface area contributed by atoms with Crippen LogP contribution in [0.5, 0.6) is 0 Å². The van der Waals surface area contributed by atoms with Gasteiger partial charge in [-0.25, -0.2) is 13.2 Å². The normalized spacial score (nSPS) is 26.1. The Morgan fingerprint density at radius 2 is 1.82 bits per heavy atom. The number of hydrogen-bond donors (Lipinski definition) is 3. The standard InChI is InChI=1S/C24H29F3N2O3S/c1-33(2,32)28-21-16-11-17(12-16)29(24(31)22(30)23(26)27)19(21)13-15-9-6-10-18(20(15)25)14-7-4-3-5-8-14/h3-10,16-17,19,21-23,30,33H,11-13H2,1-2H3,(H,28,32)/t16?,17?,19-,21-,22?/m0/s1. The van der Waals surface area contributed by atoms with Crippen molar-refractivity contribution in [1.29, 1.82) is 0 Å². The number of nitrogens with one attached hydrogen (secondary N) is 1. The summed E-state index contributed by atoms with van der Waals surface area (Å²) in [5.41, 5.74) is 1.44. The number of amides is 1. The van der Waals surface area contributed by atoms with E-state index in [-0.39, 0.29) is 18.4 Å². The van der Waals surface area contributed by atoms with Crippen LogP contribution < -0.4 is 4.72 Å². The molecule has 5 rings (SSSR count). The maximum Gasteiger partial charge on any atom is 0.273 e. The Bertz CT molecular complexity index is 1060. The molecule has 3 fully saturated rings. The summed E-state index contributed by atoms with van der Waals surface area (Å²) >= 11 is 0. The van der Waals surface area contributed by atoms with Crippen molar-refractivity contribution in [2.45, 2.75) is 49.9 Å². The Morgan fingerprint density at radius 3 is 2.42 bits per heavy atom. The van der Waals surface area contributed by atoms with E-state index < -0.39 is 46.5 Å². The van der Waals surface area contributed by atoms with E-state index in [0.717, 1.165) is 0 Å². The first-order valence-corrected chi connectivity index (χ1v) is 13.6. The first-order chi connectivity index (χ1) is 15.6. The zero-order valence-electron chi connectivity index (χ0n) is 18.5. The number of halogens is 3. The third kappa shape index (κ3) is 4.85. The highest BCUT2D eigenvalue weighted by molar-refractivity contribution is 7.99. The summed E-state index contributed by atoms with van der Waals surface area (Å²) in [7, 11) is -2.75. The molecular weight excluding hydrogens is 453 g/mol. The van der Waals surface area contributed by atoms with Crippen LogP contribution >= 0.6 is 0 Å². The molecule has 33 heavy (non-hydrogen) atoms. The van der Waals surface area contributed by atoms with Gasteiger partial charge in [-0.1, -0.05) is 58.6 Å². The molecule has 1 saturated carbocycles. The molecular formula is C24H29F3N2O3S. The van der Waals surface area contributed by atoms with Crippen molar-refractivity contribution in [3.63, 3.8) is 0 Å². The topological polar surface area (TPSA) is 69.6 Å². The van der Waals surface area contributed by atoms with Gasteiger partial charge in [-0.05, 0) is 36.3 Å². The van der Waals surface area contributed by atoms with Gasteiger partial charge in [0.15, 0.2) is 6.10 Å². The van der Waals surface area contributed by atoms with Gasteiger partial charge in [0.2, 0.25) is 0 Å². The number of benzene rings is 2. The Kier molecular flexibility index (Phi) is 6.66. The van der Waals surface area contributed by atoms with Gasteiger partial charge in [-0.2, -0.15) is 0 Å². The number of thiol groups is 1. The van der Waals surface area contributed by atoms with Crippen molar-refractivity contribution in [2.24, 2.45) is 5.92 Å². The van der Waals surface area contributed by atoms with Crippen molar-refractivity contribution >= 4 is 16.0 Å². The monoisotopic (exact) mass is 482 g/mol. The molecule has 5 nitrogen and oxygen atoms in total. The number of aliphatic hydroxyl groups is 1. The molecule has 180 valence electrons. The van der Waals surface area contributed by atoms with Crippen LogP contribution in [0, 0.1) is 11.7 Å². The van der Waals surface area contributed by atoms with Crippen LogP contribution in [0.1, 0.15) is 18.4 Å². The van der Waals surface area contributed by atoms with Gasteiger partial charge in [-0.15, -0.1) is 0 Å². The lowest BCUT2D eigenvalue weighted by atomic mass is 9.66. The number of alkyl halides is 2. The van der Waals surface area contributed by atoms with Crippen molar-refractivity contribution in [2.75, 3.05) is 12.5 Å². The first kappa shape index (κ1) is 23.9. The average Bonchev–Trinajstić information content (AvgIpc) is 2.73. The molecule has 2 saturated heterocycles. The van der Waals surface area contributed by atoms with Gasteiger partial charge in [0, 0.05) is 30.2 Å². The Morgan fingerprint density at radius 1 is 1.15 bits per heavy atom. The zero-order chi connectivity index (χ0) is 23.9. The fourth-order valence-electron chi connectivity index (χ4n) is 5.09. The van der Waals surface area contributed by atoms with Gasteiger partial charge in [0.25, 0.3) is 12.3 Å². The predicted molar refractivity (Wildman–Crippen MR) is 123 cm³/mol. The van der Waals surface area contributed by atoms with Crippen molar-refractivity contribution < 1.29 is 27.3 Å². The lowest BCUT2D eigenvalue weighted by Gasteiger charge is -2.59. The van der Waals surface area contributed by atoms with Crippen molar-refractivity contribution in [3.05, 3.63) is 59.9 Å². The van der Waals surface area contributed by atoms with Crippen molar-refractivity contribution in [3.8, 4) is 11.1 Å². The van der Waals surface area contributed by atoms with E-state index in [1.165, 1.54) is 4.90 Å². The number of nitrogens with zero attached hydrogens (tertiary/aromatic N) is 1. The van der Waals surface area contributed by atoms with E-state index in [0.29, 0.717) is 29.5 Å². The van der Waals surface area contributed by atoms with E-state index >= 15 is 4.39 Å². The van der Waals surface area contributed by atoms with Crippen LogP contribution in [-0.2, 0) is 21.3 Å². The lowest BCUT2D eigenvalue weighted by molar-refractivity contribution is -0.165. The number of hydrogen-bond acceptors (Lipinski definition) is 3. The summed E-state index contributed by atoms with van der Waals surface area (Å²) in [6, 6.07) is 12.6. The van der Waals surface area contributed by atoms with E-state index in [2.05, 4.69) is 4.72 Å². The average molecular weight is 483 g/mol. The van der Waals surface area contributed by atoms with Gasteiger partial charge < -0.3 is 10.0 Å². The minimum Gasteiger partial charge on any atom is -0.378 e. The summed E-state index contributed by atoms with van der Waals surface area (Å²) in [5.74, 6) is -1.41. The number of fused-ring (bicyclic) bond motifs is 2. The highest BCUT2D eigenvalue weighted by Gasteiger charge is 2.54. The summed E-state index contributed by atoms with van der Waals surface area (Å²) in [6.45, 7) is 0. The predicted octanol–water partition coefficient (Wildman–Crippen LogP) is 2.80. The number of carbonyl (C=O) groups excluding carboxylic acids is 1. The van der Waals surface area contributed by atoms with Crippen LogP contribution in [0.15, 0.2) is 48.5 Å². The van der Waals surface area contributed by atoms with Gasteiger partial charge in [0.1, 0.15) is 5.82 Å². The summed E-state index contributed by atoms with van der Waals surface area (Å²) < 4.78 is 57.6. The number of rotatable bonds is 7. The number of piperidine rings is 2. The van der Waals surface area contributed by atoms with Crippen LogP contribution in [0.3, 0.4) is 0 Å². The highest BCUT2D eigenvalue weighted by Crippen LogP contribution is 2.45. The maximum atomic E-state index is 15.6. The molecule has 2 aromatic rings. The Labute approximate surface area is 192 Å². The molecule has 1 amide bonds. The summed E-state index contributed by atoms with van der Waals surface area (Å²) in [6.07, 6.45) is -1.34. The fraction of sp³-hybridized carbons (Fsp3) is 0.458. The minimum absolute atomic E-state index is 0.0544. The Balaban J connectivity index is 1.71. The molecule has 2 heterocycles. The molecule has 1 unspecified atom stereocenters. The first-order valence-electron chi connectivity index (χ1n) is 11.0. The summed E-state index contributed by atoms with van der Waals surface area (Å²) in [4.78, 5) is 14.2. The van der Waals surface area contributed by atoms with E-state index in [9.17, 15) is 22.9 Å². The molecule has 9 heteroatoms. The highest BCUT2D eigenvalue weighted by atomic mass is 32.3. The van der Waals surface area contributed by atoms with Crippen LogP contribution in [0.2, 0.25) is 0 Å². The van der Waals surface area contributed by atoms with Gasteiger partial charge in [0.05, 0.1) is 6.04 Å². The third-order valence-corrected chi connectivity index (χ3v) is 7.54. The molecule has 3 atom stereocenters. The lowest BCUT2D eigenvalue weighted by Crippen LogP contribution is -2.72. The fourth-order valence-corrected chi connectivity index (χ4v) is 6.19. The second-order valence-corrected chi connectivity index (χ2v) is 12.3. The Hall–Kier alpha value is -2.23. The SMILES string of the molecule is C[SH](C)(=O)N[C@H]1C2CC(C2)N(C(=O)C(O)C(F)F)[C@H]1Cc1cccc(-c2ccccc2)c1F. The van der Waals surface area contributed by atoms with E-state index in [1.807, 2.05) is 18.2 Å². The molecule has 2 aromatic carbocycles. The van der Waals surface area contributed by atoms with Gasteiger partial charge >= 0.3 is 0 Å². The molecule has 0 spiro atoms. The molecule has 3 aliphatic rings. The molecule has 2 aliphatic heterocycles. The van der Waals surface area contributed by atoms with E-state index in [4.69, 9.17) is 0 Å². The second kappa shape index (κ2) is 9.19. The second-order valence-electron chi connectivity index (χ2n) is 9.33. The third-order valence-electron chi connectivity index (χ3n) is 6.62. The van der Waals surface area contributed by atoms with Gasteiger partial charge in [-0.3, -0.25) is 13.7 Å². The summed E-state index contributed by atoms with van der Waals surface area (Å²) in [5, 5.41) is 9.84. The molecule has 2 bridgehead atoms. The van der Waals surface area contributed by atoms with Crippen LogP contribution in [0.25, 0.3) is 11.1 Å². The molecule has 1 aliphatic carbocycles.